The summed E-state index contributed by atoms with van der Waals surface area (Å²) in [5, 5.41) is 6.56. The van der Waals surface area contributed by atoms with Crippen LogP contribution in [0.15, 0.2) is 18.3 Å². The van der Waals surface area contributed by atoms with Crippen molar-refractivity contribution in [1.29, 1.82) is 0 Å². The molecule has 1 saturated heterocycles. The number of nitrogens with zero attached hydrogens (tertiary/aromatic N) is 2. The van der Waals surface area contributed by atoms with Crippen LogP contribution in [0.1, 0.15) is 12.8 Å². The van der Waals surface area contributed by atoms with Crippen molar-refractivity contribution in [2.24, 2.45) is 5.92 Å². The molecule has 94 valence electrons. The van der Waals surface area contributed by atoms with Crippen molar-refractivity contribution in [3.8, 4) is 0 Å². The maximum absolute atomic E-state index is 4.20. The molecule has 4 nitrogen and oxygen atoms in total. The lowest BCUT2D eigenvalue weighted by Crippen LogP contribution is -2.32. The molecule has 1 aromatic rings. The Morgan fingerprint density at radius 1 is 1.41 bits per heavy atom. The lowest BCUT2D eigenvalue weighted by Gasteiger charge is -2.29. The highest BCUT2D eigenvalue weighted by atomic mass is 15.1. The molecule has 0 amide bonds. The Labute approximate surface area is 103 Å². The number of rotatable bonds is 4. The first kappa shape index (κ1) is 12.2. The zero-order valence-corrected chi connectivity index (χ0v) is 10.7. The van der Waals surface area contributed by atoms with Crippen molar-refractivity contribution in [1.82, 2.24) is 9.88 Å². The molecule has 4 heteroatoms. The molecule has 2 heterocycles. The number of hydrogen-bond donors (Lipinski definition) is 2. The topological polar surface area (TPSA) is 40.2 Å². The Kier molecular flexibility index (Phi) is 4.20. The van der Waals surface area contributed by atoms with Gasteiger partial charge < -0.3 is 15.5 Å². The quantitative estimate of drug-likeness (QED) is 0.834. The average Bonchev–Trinajstić information content (AvgIpc) is 2.38. The van der Waals surface area contributed by atoms with E-state index >= 15 is 0 Å². The molecule has 0 spiro atoms. The van der Waals surface area contributed by atoms with Crippen LogP contribution in [0.2, 0.25) is 0 Å². The van der Waals surface area contributed by atoms with Gasteiger partial charge in [0.25, 0.3) is 0 Å². The fourth-order valence-electron chi connectivity index (χ4n) is 2.21. The predicted octanol–water partition coefficient (Wildman–Crippen LogP) is 1.88. The summed E-state index contributed by atoms with van der Waals surface area (Å²) in [6.45, 7) is 3.52. The summed E-state index contributed by atoms with van der Waals surface area (Å²) >= 11 is 0. The van der Waals surface area contributed by atoms with Gasteiger partial charge in [-0.3, -0.25) is 0 Å². The normalized spacial score (nSPS) is 18.0. The van der Waals surface area contributed by atoms with Crippen LogP contribution < -0.4 is 10.6 Å². The van der Waals surface area contributed by atoms with Crippen molar-refractivity contribution in [3.05, 3.63) is 18.3 Å². The summed E-state index contributed by atoms with van der Waals surface area (Å²) < 4.78 is 0. The molecule has 0 aromatic carbocycles. The molecule has 1 aliphatic rings. The molecule has 2 N–H and O–H groups in total. The standard InChI is InChI=1S/C13H22N4/c1-14-13-9-12(3-6-15-13)16-10-11-4-7-17(2)8-5-11/h3,6,9,11H,4-5,7-8,10H2,1-2H3,(H2,14,15,16). The minimum atomic E-state index is 0.803. The summed E-state index contributed by atoms with van der Waals surface area (Å²) in [6.07, 6.45) is 4.43. The summed E-state index contributed by atoms with van der Waals surface area (Å²) in [5.74, 6) is 1.72. The third kappa shape index (κ3) is 3.60. The number of piperidine rings is 1. The third-order valence-electron chi connectivity index (χ3n) is 3.45. The number of pyridine rings is 1. The predicted molar refractivity (Wildman–Crippen MR) is 72.5 cm³/mol. The van der Waals surface area contributed by atoms with Crippen LogP contribution in [0.4, 0.5) is 11.5 Å². The molecule has 0 aliphatic carbocycles. The monoisotopic (exact) mass is 234 g/mol. The summed E-state index contributed by atoms with van der Waals surface area (Å²) in [5.41, 5.74) is 1.16. The van der Waals surface area contributed by atoms with Crippen molar-refractivity contribution >= 4 is 11.5 Å². The van der Waals surface area contributed by atoms with Gasteiger partial charge in [-0.1, -0.05) is 0 Å². The van der Waals surface area contributed by atoms with E-state index in [0.717, 1.165) is 24.0 Å². The number of hydrogen-bond acceptors (Lipinski definition) is 4. The van der Waals surface area contributed by atoms with Crippen molar-refractivity contribution in [3.63, 3.8) is 0 Å². The van der Waals surface area contributed by atoms with Crippen LogP contribution in [0.3, 0.4) is 0 Å². The molecule has 1 aliphatic heterocycles. The van der Waals surface area contributed by atoms with E-state index in [1.807, 2.05) is 19.3 Å². The van der Waals surface area contributed by atoms with Crippen LogP contribution in [-0.4, -0.2) is 43.6 Å². The second-order valence-corrected chi connectivity index (χ2v) is 4.81. The van der Waals surface area contributed by atoms with Gasteiger partial charge in [-0.2, -0.15) is 0 Å². The van der Waals surface area contributed by atoms with Crippen LogP contribution >= 0.6 is 0 Å². The largest absolute Gasteiger partial charge is 0.385 e. The number of likely N-dealkylation sites (tertiary alicyclic amines) is 1. The van der Waals surface area contributed by atoms with E-state index < -0.39 is 0 Å². The van der Waals surface area contributed by atoms with E-state index in [1.165, 1.54) is 25.9 Å². The molecule has 0 unspecified atom stereocenters. The minimum Gasteiger partial charge on any atom is -0.385 e. The van der Waals surface area contributed by atoms with E-state index in [4.69, 9.17) is 0 Å². The Hall–Kier alpha value is -1.29. The molecule has 2 rings (SSSR count). The molecule has 1 fully saturated rings. The maximum atomic E-state index is 4.20. The van der Waals surface area contributed by atoms with Crippen LogP contribution in [-0.2, 0) is 0 Å². The van der Waals surface area contributed by atoms with Crippen molar-refractivity contribution in [2.75, 3.05) is 44.4 Å². The van der Waals surface area contributed by atoms with Crippen LogP contribution in [0, 0.1) is 5.92 Å². The van der Waals surface area contributed by atoms with E-state index in [2.05, 4.69) is 33.6 Å². The molecule has 1 aromatic heterocycles. The van der Waals surface area contributed by atoms with Gasteiger partial charge in [0.05, 0.1) is 0 Å². The lowest BCUT2D eigenvalue weighted by atomic mass is 9.97. The SMILES string of the molecule is CNc1cc(NCC2CCN(C)CC2)ccn1. The zero-order chi connectivity index (χ0) is 12.1. The van der Waals surface area contributed by atoms with Crippen molar-refractivity contribution < 1.29 is 0 Å². The Morgan fingerprint density at radius 2 is 2.18 bits per heavy atom. The number of nitrogens with one attached hydrogen (secondary N) is 2. The van der Waals surface area contributed by atoms with E-state index in [0.29, 0.717) is 0 Å². The minimum absolute atomic E-state index is 0.803. The number of aromatic nitrogens is 1. The molecular weight excluding hydrogens is 212 g/mol. The molecule has 0 radical (unpaired) electrons. The fraction of sp³-hybridized carbons (Fsp3) is 0.615. The van der Waals surface area contributed by atoms with Crippen molar-refractivity contribution in [2.45, 2.75) is 12.8 Å². The second kappa shape index (κ2) is 5.87. The molecular formula is C13H22N4. The highest BCUT2D eigenvalue weighted by Gasteiger charge is 2.16. The van der Waals surface area contributed by atoms with E-state index in [1.54, 1.807) is 0 Å². The van der Waals surface area contributed by atoms with Crippen LogP contribution in [0.5, 0.6) is 0 Å². The smallest absolute Gasteiger partial charge is 0.127 e. The summed E-state index contributed by atoms with van der Waals surface area (Å²) in [7, 11) is 4.09. The molecule has 17 heavy (non-hydrogen) atoms. The Bertz CT molecular complexity index is 345. The van der Waals surface area contributed by atoms with Crippen LogP contribution in [0.25, 0.3) is 0 Å². The maximum Gasteiger partial charge on any atom is 0.127 e. The van der Waals surface area contributed by atoms with Gasteiger partial charge in [-0.15, -0.1) is 0 Å². The van der Waals surface area contributed by atoms with E-state index in [9.17, 15) is 0 Å². The fourth-order valence-corrected chi connectivity index (χ4v) is 2.21. The lowest BCUT2D eigenvalue weighted by molar-refractivity contribution is 0.226. The van der Waals surface area contributed by atoms with Gasteiger partial charge in [0.2, 0.25) is 0 Å². The highest BCUT2D eigenvalue weighted by molar-refractivity contribution is 5.51. The zero-order valence-electron chi connectivity index (χ0n) is 10.7. The van der Waals surface area contributed by atoms with E-state index in [-0.39, 0.29) is 0 Å². The third-order valence-corrected chi connectivity index (χ3v) is 3.45. The first-order valence-corrected chi connectivity index (χ1v) is 6.34. The number of anilines is 2. The van der Waals surface area contributed by atoms with Gasteiger partial charge >= 0.3 is 0 Å². The first-order chi connectivity index (χ1) is 8.28. The van der Waals surface area contributed by atoms with Gasteiger partial charge in [0, 0.05) is 31.5 Å². The van der Waals surface area contributed by atoms with Gasteiger partial charge in [0.1, 0.15) is 5.82 Å². The van der Waals surface area contributed by atoms with Gasteiger partial charge in [0.15, 0.2) is 0 Å². The van der Waals surface area contributed by atoms with Gasteiger partial charge in [-0.25, -0.2) is 4.98 Å². The second-order valence-electron chi connectivity index (χ2n) is 4.81. The average molecular weight is 234 g/mol. The Balaban J connectivity index is 1.81. The summed E-state index contributed by atoms with van der Waals surface area (Å²) in [6, 6.07) is 4.07. The van der Waals surface area contributed by atoms with Gasteiger partial charge in [-0.05, 0) is 45.0 Å². The highest BCUT2D eigenvalue weighted by Crippen LogP contribution is 2.18. The molecule has 0 saturated carbocycles. The first-order valence-electron chi connectivity index (χ1n) is 6.34. The Morgan fingerprint density at radius 3 is 2.88 bits per heavy atom. The molecule has 0 bridgehead atoms. The molecule has 0 atom stereocenters. The summed E-state index contributed by atoms with van der Waals surface area (Å²) in [4.78, 5) is 6.61.